The quantitative estimate of drug-likeness (QED) is 0.524. The van der Waals surface area contributed by atoms with Crippen LogP contribution < -0.4 is 16.4 Å². The Morgan fingerprint density at radius 2 is 2.09 bits per heavy atom. The van der Waals surface area contributed by atoms with E-state index in [-0.39, 0.29) is 23.2 Å². The first kappa shape index (κ1) is 14.8. The third kappa shape index (κ3) is 3.54. The van der Waals surface area contributed by atoms with Gasteiger partial charge in [0.2, 0.25) is 0 Å². The highest BCUT2D eigenvalue weighted by atomic mass is 16.6. The van der Waals surface area contributed by atoms with Crippen LogP contribution in [-0.4, -0.2) is 29.5 Å². The molecule has 1 amide bonds. The first-order valence-electron chi connectivity index (χ1n) is 7.63. The van der Waals surface area contributed by atoms with Crippen molar-refractivity contribution in [2.45, 2.75) is 37.8 Å². The van der Waals surface area contributed by atoms with E-state index in [0.717, 1.165) is 25.7 Å². The van der Waals surface area contributed by atoms with Crippen LogP contribution in [-0.2, 0) is 0 Å². The molecule has 0 saturated heterocycles. The van der Waals surface area contributed by atoms with Crippen LogP contribution in [0.15, 0.2) is 18.2 Å². The molecule has 118 valence electrons. The van der Waals surface area contributed by atoms with Gasteiger partial charge in [0.15, 0.2) is 0 Å². The van der Waals surface area contributed by atoms with Crippen molar-refractivity contribution in [1.82, 2.24) is 5.32 Å². The zero-order chi connectivity index (χ0) is 15.7. The number of nitrogens with two attached hydrogens (primary N) is 1. The van der Waals surface area contributed by atoms with Gasteiger partial charge in [-0.05, 0) is 43.7 Å². The number of nitrogens with one attached hydrogen (secondary N) is 2. The number of hydrogen-bond donors (Lipinski definition) is 3. The molecule has 0 heterocycles. The Morgan fingerprint density at radius 3 is 2.68 bits per heavy atom. The standard InChI is InChI=1S/C15H20N4O3/c16-12(9-1-2-9)8-17-15(20)10-3-6-13(18-11-4-5-11)14(7-10)19(21)22/h3,6-7,9,11-12,18H,1-2,4-5,8,16H2,(H,17,20). The van der Waals surface area contributed by atoms with Gasteiger partial charge in [0.25, 0.3) is 11.6 Å². The number of rotatable bonds is 7. The molecule has 2 fully saturated rings. The molecule has 2 saturated carbocycles. The highest BCUT2D eigenvalue weighted by molar-refractivity contribution is 5.95. The zero-order valence-electron chi connectivity index (χ0n) is 12.2. The fourth-order valence-electron chi connectivity index (χ4n) is 2.40. The van der Waals surface area contributed by atoms with Crippen LogP contribution in [0.1, 0.15) is 36.0 Å². The smallest absolute Gasteiger partial charge is 0.293 e. The summed E-state index contributed by atoms with van der Waals surface area (Å²) in [5.74, 6) is 0.178. The van der Waals surface area contributed by atoms with Crippen LogP contribution in [0.4, 0.5) is 11.4 Å². The van der Waals surface area contributed by atoms with Crippen molar-refractivity contribution in [1.29, 1.82) is 0 Å². The van der Waals surface area contributed by atoms with E-state index in [1.165, 1.54) is 6.07 Å². The summed E-state index contributed by atoms with van der Waals surface area (Å²) in [7, 11) is 0. The highest BCUT2D eigenvalue weighted by Crippen LogP contribution is 2.32. The molecule has 1 unspecified atom stereocenters. The average Bonchev–Trinajstić information content (AvgIpc) is 3.37. The lowest BCUT2D eigenvalue weighted by Gasteiger charge is -2.12. The summed E-state index contributed by atoms with van der Waals surface area (Å²) in [6, 6.07) is 4.81. The van der Waals surface area contributed by atoms with Gasteiger partial charge in [0.1, 0.15) is 5.69 Å². The molecule has 4 N–H and O–H groups in total. The van der Waals surface area contributed by atoms with E-state index in [4.69, 9.17) is 5.73 Å². The van der Waals surface area contributed by atoms with Crippen LogP contribution in [0.2, 0.25) is 0 Å². The van der Waals surface area contributed by atoms with Gasteiger partial charge in [-0.2, -0.15) is 0 Å². The summed E-state index contributed by atoms with van der Waals surface area (Å²) in [6.45, 7) is 0.402. The van der Waals surface area contributed by atoms with Crippen LogP contribution in [0, 0.1) is 16.0 Å². The van der Waals surface area contributed by atoms with E-state index in [0.29, 0.717) is 24.2 Å². The van der Waals surface area contributed by atoms with Crippen molar-refractivity contribution in [3.8, 4) is 0 Å². The third-order valence-electron chi connectivity index (χ3n) is 4.12. The van der Waals surface area contributed by atoms with Gasteiger partial charge in [-0.1, -0.05) is 0 Å². The SMILES string of the molecule is NC(CNC(=O)c1ccc(NC2CC2)c([N+](=O)[O-])c1)C1CC1. The predicted octanol–water partition coefficient (Wildman–Crippen LogP) is 1.64. The lowest BCUT2D eigenvalue weighted by Crippen LogP contribution is -2.38. The largest absolute Gasteiger partial charge is 0.377 e. The molecular weight excluding hydrogens is 284 g/mol. The Hall–Kier alpha value is -2.15. The van der Waals surface area contributed by atoms with Gasteiger partial charge in [0.05, 0.1) is 4.92 Å². The summed E-state index contributed by atoms with van der Waals surface area (Å²) in [5.41, 5.74) is 6.63. The van der Waals surface area contributed by atoms with Crippen molar-refractivity contribution in [3.05, 3.63) is 33.9 Å². The minimum atomic E-state index is -0.461. The molecule has 3 rings (SSSR count). The summed E-state index contributed by atoms with van der Waals surface area (Å²) >= 11 is 0. The third-order valence-corrected chi connectivity index (χ3v) is 4.12. The molecule has 0 aliphatic heterocycles. The fourth-order valence-corrected chi connectivity index (χ4v) is 2.40. The van der Waals surface area contributed by atoms with Crippen LogP contribution in [0.3, 0.4) is 0 Å². The van der Waals surface area contributed by atoms with Gasteiger partial charge >= 0.3 is 0 Å². The number of hydrogen-bond acceptors (Lipinski definition) is 5. The maximum absolute atomic E-state index is 12.1. The summed E-state index contributed by atoms with van der Waals surface area (Å²) < 4.78 is 0. The number of nitrogens with zero attached hydrogens (tertiary/aromatic N) is 1. The average molecular weight is 304 g/mol. The van der Waals surface area contributed by atoms with Gasteiger partial charge in [-0.25, -0.2) is 0 Å². The van der Waals surface area contributed by atoms with Crippen molar-refractivity contribution >= 4 is 17.3 Å². The van der Waals surface area contributed by atoms with Crippen LogP contribution in [0.5, 0.6) is 0 Å². The number of carbonyl (C=O) groups excluding carboxylic acids is 1. The molecule has 0 aromatic heterocycles. The number of nitro benzene ring substituents is 1. The van der Waals surface area contributed by atoms with Gasteiger partial charge in [0, 0.05) is 30.3 Å². The molecule has 22 heavy (non-hydrogen) atoms. The van der Waals surface area contributed by atoms with Crippen molar-refractivity contribution in [2.24, 2.45) is 11.7 Å². The zero-order valence-corrected chi connectivity index (χ0v) is 12.2. The Labute approximate surface area is 128 Å². The van der Waals surface area contributed by atoms with E-state index in [1.54, 1.807) is 12.1 Å². The van der Waals surface area contributed by atoms with E-state index in [9.17, 15) is 14.9 Å². The Balaban J connectivity index is 1.67. The summed E-state index contributed by atoms with van der Waals surface area (Å²) in [6.07, 6.45) is 4.28. The molecule has 1 aromatic carbocycles. The number of amides is 1. The molecule has 2 aliphatic rings. The Bertz CT molecular complexity index is 596. The predicted molar refractivity (Wildman–Crippen MR) is 82.8 cm³/mol. The topological polar surface area (TPSA) is 110 Å². The van der Waals surface area contributed by atoms with Gasteiger partial charge in [-0.15, -0.1) is 0 Å². The molecule has 7 nitrogen and oxygen atoms in total. The molecule has 1 aromatic rings. The van der Waals surface area contributed by atoms with Crippen molar-refractivity contribution in [3.63, 3.8) is 0 Å². The first-order valence-corrected chi connectivity index (χ1v) is 7.63. The molecular formula is C15H20N4O3. The van der Waals surface area contributed by atoms with Crippen LogP contribution in [0.25, 0.3) is 0 Å². The van der Waals surface area contributed by atoms with E-state index >= 15 is 0 Å². The molecule has 0 spiro atoms. The van der Waals surface area contributed by atoms with Crippen LogP contribution >= 0.6 is 0 Å². The van der Waals surface area contributed by atoms with Gasteiger partial charge < -0.3 is 16.4 Å². The maximum Gasteiger partial charge on any atom is 0.293 e. The van der Waals surface area contributed by atoms with Gasteiger partial charge in [-0.3, -0.25) is 14.9 Å². The lowest BCUT2D eigenvalue weighted by atomic mass is 10.1. The van der Waals surface area contributed by atoms with Crippen molar-refractivity contribution in [2.75, 3.05) is 11.9 Å². The molecule has 1 atom stereocenters. The number of anilines is 1. The first-order chi connectivity index (χ1) is 10.5. The number of benzene rings is 1. The number of nitro groups is 1. The second kappa shape index (κ2) is 5.92. The second-order valence-electron chi connectivity index (χ2n) is 6.12. The summed E-state index contributed by atoms with van der Waals surface area (Å²) in [5, 5.41) is 17.0. The molecule has 7 heteroatoms. The maximum atomic E-state index is 12.1. The minimum Gasteiger partial charge on any atom is -0.377 e. The highest BCUT2D eigenvalue weighted by Gasteiger charge is 2.29. The van der Waals surface area contributed by atoms with E-state index in [1.807, 2.05) is 0 Å². The molecule has 0 radical (unpaired) electrons. The minimum absolute atomic E-state index is 0.0326. The Kier molecular flexibility index (Phi) is 3.98. The summed E-state index contributed by atoms with van der Waals surface area (Å²) in [4.78, 5) is 22.8. The monoisotopic (exact) mass is 304 g/mol. The Morgan fingerprint density at radius 1 is 1.36 bits per heavy atom. The van der Waals surface area contributed by atoms with E-state index < -0.39 is 4.92 Å². The number of carbonyl (C=O) groups is 1. The lowest BCUT2D eigenvalue weighted by molar-refractivity contribution is -0.384. The normalized spacial score (nSPS) is 18.6. The fraction of sp³-hybridized carbons (Fsp3) is 0.533. The van der Waals surface area contributed by atoms with Crippen molar-refractivity contribution < 1.29 is 9.72 Å². The molecule has 0 bridgehead atoms. The molecule has 2 aliphatic carbocycles. The van der Waals surface area contributed by atoms with E-state index in [2.05, 4.69) is 10.6 Å². The second-order valence-corrected chi connectivity index (χ2v) is 6.12.